The molecule has 0 bridgehead atoms. The van der Waals surface area contributed by atoms with Gasteiger partial charge in [-0.15, -0.1) is 0 Å². The predicted molar refractivity (Wildman–Crippen MR) is 50.5 cm³/mol. The molecule has 4 heteroatoms. The van der Waals surface area contributed by atoms with E-state index in [4.69, 9.17) is 4.74 Å². The van der Waals surface area contributed by atoms with Gasteiger partial charge in [-0.2, -0.15) is 0 Å². The van der Waals surface area contributed by atoms with Gasteiger partial charge in [-0.3, -0.25) is 0 Å². The molecule has 0 rings (SSSR count). The molecule has 0 N–H and O–H groups in total. The van der Waals surface area contributed by atoms with Crippen LogP contribution in [0.3, 0.4) is 0 Å². The van der Waals surface area contributed by atoms with Gasteiger partial charge in [-0.25, -0.2) is 0 Å². The standard InChI is InChI=1S/C4H5Br2IO/c1-2-3(7)8-4(5)6/h2,4H,1H3/b3-2-. The van der Waals surface area contributed by atoms with Crippen molar-refractivity contribution in [3.8, 4) is 0 Å². The molecule has 0 fully saturated rings. The molecule has 0 aliphatic rings. The van der Waals surface area contributed by atoms with Crippen molar-refractivity contribution in [3.63, 3.8) is 0 Å². The van der Waals surface area contributed by atoms with E-state index in [1.807, 2.05) is 13.0 Å². The van der Waals surface area contributed by atoms with Gasteiger partial charge >= 0.3 is 0 Å². The molecule has 0 aromatic heterocycles. The quantitative estimate of drug-likeness (QED) is 0.419. The Morgan fingerprint density at radius 1 is 1.75 bits per heavy atom. The van der Waals surface area contributed by atoms with E-state index in [-0.39, 0.29) is 3.92 Å². The van der Waals surface area contributed by atoms with E-state index in [0.29, 0.717) is 0 Å². The second-order valence-electron chi connectivity index (χ2n) is 0.971. The van der Waals surface area contributed by atoms with Crippen molar-refractivity contribution in [3.05, 3.63) is 9.84 Å². The van der Waals surface area contributed by atoms with Gasteiger partial charge in [-0.1, -0.05) is 0 Å². The lowest BCUT2D eigenvalue weighted by atomic mass is 10.7. The van der Waals surface area contributed by atoms with Crippen molar-refractivity contribution in [2.24, 2.45) is 0 Å². The maximum absolute atomic E-state index is 5.08. The summed E-state index contributed by atoms with van der Waals surface area (Å²) in [5, 5.41) is 0. The maximum atomic E-state index is 5.08. The fraction of sp³-hybridized carbons (Fsp3) is 0.500. The van der Waals surface area contributed by atoms with Crippen LogP contribution in [-0.4, -0.2) is 3.92 Å². The summed E-state index contributed by atoms with van der Waals surface area (Å²) >= 11 is 8.43. The van der Waals surface area contributed by atoms with Crippen LogP contribution in [0.15, 0.2) is 9.84 Å². The molecular weight excluding hydrogens is 351 g/mol. The van der Waals surface area contributed by atoms with Gasteiger partial charge < -0.3 is 4.74 Å². The third kappa shape index (κ3) is 5.37. The third-order valence-electron chi connectivity index (χ3n) is 0.429. The third-order valence-corrected chi connectivity index (χ3v) is 1.68. The van der Waals surface area contributed by atoms with Crippen LogP contribution < -0.4 is 0 Å². The monoisotopic (exact) mass is 354 g/mol. The lowest BCUT2D eigenvalue weighted by molar-refractivity contribution is 0.295. The van der Waals surface area contributed by atoms with Crippen molar-refractivity contribution in [1.82, 2.24) is 0 Å². The van der Waals surface area contributed by atoms with E-state index >= 15 is 0 Å². The summed E-state index contributed by atoms with van der Waals surface area (Å²) in [7, 11) is 0. The SMILES string of the molecule is C/C=C(/I)OC(Br)Br. The summed E-state index contributed by atoms with van der Waals surface area (Å²) < 4.78 is 5.89. The molecule has 0 amide bonds. The van der Waals surface area contributed by atoms with Gasteiger partial charge in [-0.05, 0) is 67.5 Å². The van der Waals surface area contributed by atoms with E-state index in [1.165, 1.54) is 0 Å². The highest BCUT2D eigenvalue weighted by Crippen LogP contribution is 2.18. The molecule has 0 spiro atoms. The van der Waals surface area contributed by atoms with E-state index in [9.17, 15) is 0 Å². The molecule has 48 valence electrons. The van der Waals surface area contributed by atoms with E-state index < -0.39 is 0 Å². The zero-order chi connectivity index (χ0) is 6.57. The predicted octanol–water partition coefficient (Wildman–Crippen LogP) is 3.37. The Hall–Kier alpha value is 1.23. The van der Waals surface area contributed by atoms with Crippen LogP contribution >= 0.6 is 54.5 Å². The first-order valence-corrected chi connectivity index (χ1v) is 4.84. The Morgan fingerprint density at radius 3 is 2.38 bits per heavy atom. The summed E-state index contributed by atoms with van der Waals surface area (Å²) in [6.07, 6.45) is 1.88. The molecule has 0 aliphatic heterocycles. The maximum Gasteiger partial charge on any atom is 0.208 e. The minimum Gasteiger partial charge on any atom is -0.463 e. The van der Waals surface area contributed by atoms with Crippen LogP contribution in [0.2, 0.25) is 0 Å². The Bertz CT molecular complexity index is 92.0. The first-order valence-electron chi connectivity index (χ1n) is 1.93. The summed E-state index contributed by atoms with van der Waals surface area (Å²) in [5.41, 5.74) is 0. The van der Waals surface area contributed by atoms with Gasteiger partial charge in [0.2, 0.25) is 3.92 Å². The molecular formula is C4H5Br2IO. The second-order valence-corrected chi connectivity index (χ2v) is 4.93. The zero-order valence-electron chi connectivity index (χ0n) is 4.20. The minimum atomic E-state index is -0.0712. The van der Waals surface area contributed by atoms with Crippen molar-refractivity contribution >= 4 is 54.5 Å². The highest BCUT2D eigenvalue weighted by Gasteiger charge is 1.96. The molecule has 0 heterocycles. The van der Waals surface area contributed by atoms with Gasteiger partial charge in [0, 0.05) is 0 Å². The van der Waals surface area contributed by atoms with E-state index in [0.717, 1.165) is 3.77 Å². The first kappa shape index (κ1) is 9.23. The number of hydrogen-bond donors (Lipinski definition) is 0. The summed E-state index contributed by atoms with van der Waals surface area (Å²) in [4.78, 5) is 0. The normalized spacial score (nSPS) is 12.4. The number of halogens is 3. The van der Waals surface area contributed by atoms with Crippen molar-refractivity contribution < 1.29 is 4.74 Å². The van der Waals surface area contributed by atoms with Crippen LogP contribution in [-0.2, 0) is 4.74 Å². The fourth-order valence-corrected chi connectivity index (χ4v) is 1.51. The molecule has 0 radical (unpaired) electrons. The summed E-state index contributed by atoms with van der Waals surface area (Å²) in [6, 6.07) is 0. The van der Waals surface area contributed by atoms with E-state index in [1.54, 1.807) is 0 Å². The topological polar surface area (TPSA) is 9.23 Å². The summed E-state index contributed by atoms with van der Waals surface area (Å²) in [6.45, 7) is 1.92. The lowest BCUT2D eigenvalue weighted by Crippen LogP contribution is -1.88. The van der Waals surface area contributed by atoms with Crippen LogP contribution in [0, 0.1) is 0 Å². The molecule has 0 aromatic carbocycles. The molecule has 0 aromatic rings. The molecule has 8 heavy (non-hydrogen) atoms. The average molecular weight is 356 g/mol. The molecule has 0 unspecified atom stereocenters. The minimum absolute atomic E-state index is 0.0712. The largest absolute Gasteiger partial charge is 0.463 e. The number of allylic oxidation sites excluding steroid dienone is 1. The van der Waals surface area contributed by atoms with Gasteiger partial charge in [0.15, 0.2) is 3.77 Å². The second kappa shape index (κ2) is 5.05. The zero-order valence-corrected chi connectivity index (χ0v) is 9.53. The highest BCUT2D eigenvalue weighted by molar-refractivity contribution is 14.1. The number of ether oxygens (including phenoxy) is 1. The van der Waals surface area contributed by atoms with E-state index in [2.05, 4.69) is 54.5 Å². The molecule has 0 atom stereocenters. The molecule has 1 nitrogen and oxygen atoms in total. The molecule has 0 saturated heterocycles. The van der Waals surface area contributed by atoms with Gasteiger partial charge in [0.1, 0.15) is 0 Å². The van der Waals surface area contributed by atoms with Crippen LogP contribution in [0.4, 0.5) is 0 Å². The van der Waals surface area contributed by atoms with Crippen molar-refractivity contribution in [2.75, 3.05) is 0 Å². The Kier molecular flexibility index (Phi) is 5.83. The van der Waals surface area contributed by atoms with Crippen LogP contribution in [0.25, 0.3) is 0 Å². The Morgan fingerprint density at radius 2 is 2.25 bits per heavy atom. The molecule has 0 aliphatic carbocycles. The van der Waals surface area contributed by atoms with Crippen molar-refractivity contribution in [2.45, 2.75) is 10.8 Å². The Labute approximate surface area is 79.3 Å². The van der Waals surface area contributed by atoms with Crippen LogP contribution in [0.1, 0.15) is 6.92 Å². The highest BCUT2D eigenvalue weighted by atomic mass is 127. The number of rotatable bonds is 2. The average Bonchev–Trinajstić information content (AvgIpc) is 1.65. The number of alkyl halides is 2. The lowest BCUT2D eigenvalue weighted by Gasteiger charge is -2.02. The fourth-order valence-electron chi connectivity index (χ4n) is 0.153. The Balaban J connectivity index is 3.39. The van der Waals surface area contributed by atoms with Crippen molar-refractivity contribution in [1.29, 1.82) is 0 Å². The summed E-state index contributed by atoms with van der Waals surface area (Å²) in [5.74, 6) is 0. The molecule has 0 saturated carbocycles. The first-order chi connectivity index (χ1) is 3.66. The smallest absolute Gasteiger partial charge is 0.208 e. The van der Waals surface area contributed by atoms with Gasteiger partial charge in [0.05, 0.1) is 0 Å². The van der Waals surface area contributed by atoms with Crippen LogP contribution in [0.5, 0.6) is 0 Å². The van der Waals surface area contributed by atoms with Gasteiger partial charge in [0.25, 0.3) is 0 Å². The number of hydrogen-bond acceptors (Lipinski definition) is 1.